The van der Waals surface area contributed by atoms with Crippen LogP contribution in [0.3, 0.4) is 0 Å². The lowest BCUT2D eigenvalue weighted by atomic mass is 9.97. The number of nitrogens with one attached hydrogen (secondary N) is 1. The predicted octanol–water partition coefficient (Wildman–Crippen LogP) is 6.19. The maximum Gasteiger partial charge on any atom is 0.247 e. The number of halogens is 1. The van der Waals surface area contributed by atoms with Crippen molar-refractivity contribution in [2.24, 2.45) is 0 Å². The molecule has 178 valence electrons. The Morgan fingerprint density at radius 3 is 2.71 bits per heavy atom. The van der Waals surface area contributed by atoms with Crippen LogP contribution in [0, 0.1) is 0 Å². The van der Waals surface area contributed by atoms with Gasteiger partial charge in [-0.15, -0.1) is 0 Å². The first-order chi connectivity index (χ1) is 17.1. The number of aromatic amines is 1. The molecule has 5 nitrogen and oxygen atoms in total. The average Bonchev–Trinajstić information content (AvgIpc) is 3.27. The molecule has 1 aliphatic rings. The number of carbonyl (C=O) groups excluding carboxylic acids is 1. The zero-order valence-corrected chi connectivity index (χ0v) is 20.3. The summed E-state index contributed by atoms with van der Waals surface area (Å²) in [6.07, 6.45) is 4.13. The predicted molar refractivity (Wildman–Crippen MR) is 140 cm³/mol. The molecule has 0 bridgehead atoms. The molecule has 2 heterocycles. The number of hydrogen-bond acceptors (Lipinski definition) is 3. The minimum Gasteiger partial charge on any atom is -0.497 e. The molecule has 0 saturated heterocycles. The highest BCUT2D eigenvalue weighted by Crippen LogP contribution is 2.36. The van der Waals surface area contributed by atoms with Gasteiger partial charge in [-0.1, -0.05) is 60.1 Å². The Balaban J connectivity index is 1.44. The van der Waals surface area contributed by atoms with Crippen LogP contribution in [0.1, 0.15) is 28.4 Å². The molecular formula is C29H27ClN2O3. The van der Waals surface area contributed by atoms with Crippen LogP contribution in [0.15, 0.2) is 78.9 Å². The van der Waals surface area contributed by atoms with E-state index in [0.29, 0.717) is 24.8 Å². The van der Waals surface area contributed by atoms with E-state index in [2.05, 4.69) is 11.1 Å². The van der Waals surface area contributed by atoms with Crippen LogP contribution in [0.2, 0.25) is 5.02 Å². The molecule has 1 amide bonds. The topological polar surface area (TPSA) is 54.6 Å². The number of carbonyl (C=O) groups is 1. The van der Waals surface area contributed by atoms with Gasteiger partial charge in [-0.3, -0.25) is 4.79 Å². The first-order valence-electron chi connectivity index (χ1n) is 11.7. The lowest BCUT2D eigenvalue weighted by molar-refractivity contribution is -0.130. The zero-order chi connectivity index (χ0) is 24.2. The normalized spacial score (nSPS) is 15.5. The summed E-state index contributed by atoms with van der Waals surface area (Å²) in [4.78, 5) is 18.8. The first kappa shape index (κ1) is 23.2. The number of hydrogen-bond donors (Lipinski definition) is 1. The van der Waals surface area contributed by atoms with Crippen LogP contribution >= 0.6 is 11.6 Å². The molecular weight excluding hydrogens is 460 g/mol. The molecule has 1 aliphatic heterocycles. The molecule has 3 aromatic carbocycles. The van der Waals surface area contributed by atoms with Gasteiger partial charge in [0.15, 0.2) is 0 Å². The van der Waals surface area contributed by atoms with Crippen molar-refractivity contribution in [1.29, 1.82) is 0 Å². The minimum absolute atomic E-state index is 0.0693. The fourth-order valence-electron chi connectivity index (χ4n) is 4.64. The van der Waals surface area contributed by atoms with Gasteiger partial charge in [0.1, 0.15) is 5.75 Å². The highest BCUT2D eigenvalue weighted by molar-refractivity contribution is 6.32. The van der Waals surface area contributed by atoms with E-state index in [1.165, 1.54) is 5.56 Å². The number of amides is 1. The highest BCUT2D eigenvalue weighted by Gasteiger charge is 2.33. The van der Waals surface area contributed by atoms with E-state index in [1.807, 2.05) is 71.6 Å². The van der Waals surface area contributed by atoms with Gasteiger partial charge in [0.2, 0.25) is 5.91 Å². The van der Waals surface area contributed by atoms with Gasteiger partial charge < -0.3 is 19.4 Å². The smallest absolute Gasteiger partial charge is 0.247 e. The summed E-state index contributed by atoms with van der Waals surface area (Å²) >= 11 is 6.27. The second-order valence-electron chi connectivity index (χ2n) is 8.58. The van der Waals surface area contributed by atoms with Crippen LogP contribution in [0.25, 0.3) is 17.0 Å². The summed E-state index contributed by atoms with van der Waals surface area (Å²) < 4.78 is 11.6. The fraction of sp³-hybridized carbons (Fsp3) is 0.207. The van der Waals surface area contributed by atoms with Crippen molar-refractivity contribution in [2.75, 3.05) is 20.3 Å². The van der Waals surface area contributed by atoms with E-state index in [0.717, 1.165) is 39.9 Å². The molecule has 5 rings (SSSR count). The molecule has 1 atom stereocenters. The van der Waals surface area contributed by atoms with Crippen LogP contribution in [0.4, 0.5) is 0 Å². The third kappa shape index (κ3) is 4.97. The van der Waals surface area contributed by atoms with Crippen molar-refractivity contribution in [1.82, 2.24) is 9.88 Å². The minimum atomic E-state index is -0.232. The molecule has 0 radical (unpaired) electrons. The fourth-order valence-corrected chi connectivity index (χ4v) is 4.84. The SMILES string of the molecule is COc1ccc2[nH]c3c(c2c1)CCN(C(=O)/C=C/c1ccccc1Cl)C3COCc1ccccc1. The maximum absolute atomic E-state index is 13.4. The van der Waals surface area contributed by atoms with E-state index in [9.17, 15) is 4.79 Å². The Labute approximate surface area is 209 Å². The van der Waals surface area contributed by atoms with Gasteiger partial charge in [0, 0.05) is 34.2 Å². The van der Waals surface area contributed by atoms with Gasteiger partial charge in [-0.05, 0) is 53.5 Å². The molecule has 1 aromatic heterocycles. The van der Waals surface area contributed by atoms with E-state index >= 15 is 0 Å². The standard InChI is InChI=1S/C29H27ClN2O3/c1-34-22-12-13-26-24(17-22)23-15-16-32(28(33)14-11-21-9-5-6-10-25(21)30)27(29(23)31-26)19-35-18-20-7-3-2-4-8-20/h2-14,17,27,31H,15-16,18-19H2,1H3/b14-11+. The van der Waals surface area contributed by atoms with E-state index in [1.54, 1.807) is 19.3 Å². The van der Waals surface area contributed by atoms with Gasteiger partial charge in [0.05, 0.1) is 26.4 Å². The second-order valence-corrected chi connectivity index (χ2v) is 8.99. The van der Waals surface area contributed by atoms with Crippen molar-refractivity contribution in [3.8, 4) is 5.75 Å². The van der Waals surface area contributed by atoms with E-state index in [4.69, 9.17) is 21.1 Å². The largest absolute Gasteiger partial charge is 0.497 e. The Morgan fingerprint density at radius 2 is 1.91 bits per heavy atom. The van der Waals surface area contributed by atoms with Crippen LogP contribution in [0.5, 0.6) is 5.75 Å². The monoisotopic (exact) mass is 486 g/mol. The number of rotatable bonds is 7. The Hall–Kier alpha value is -3.54. The summed E-state index contributed by atoms with van der Waals surface area (Å²) in [5, 5.41) is 1.75. The zero-order valence-electron chi connectivity index (χ0n) is 19.5. The lowest BCUT2D eigenvalue weighted by Gasteiger charge is -2.35. The quantitative estimate of drug-likeness (QED) is 0.317. The Bertz CT molecular complexity index is 1360. The number of aromatic nitrogens is 1. The Kier molecular flexibility index (Phi) is 6.89. The van der Waals surface area contributed by atoms with Crippen molar-refractivity contribution < 1.29 is 14.3 Å². The second kappa shape index (κ2) is 10.4. The summed E-state index contributed by atoms with van der Waals surface area (Å²) in [5.41, 5.74) is 5.18. The first-order valence-corrected chi connectivity index (χ1v) is 12.0. The Morgan fingerprint density at radius 1 is 1.11 bits per heavy atom. The van der Waals surface area contributed by atoms with Gasteiger partial charge in [-0.2, -0.15) is 0 Å². The molecule has 35 heavy (non-hydrogen) atoms. The number of H-pyrrole nitrogens is 1. The summed E-state index contributed by atoms with van der Waals surface area (Å²) in [7, 11) is 1.67. The lowest BCUT2D eigenvalue weighted by Crippen LogP contribution is -2.41. The van der Waals surface area contributed by atoms with Crippen LogP contribution in [-0.2, 0) is 22.6 Å². The third-order valence-corrected chi connectivity index (χ3v) is 6.78. The van der Waals surface area contributed by atoms with Crippen molar-refractivity contribution in [3.05, 3.63) is 106 Å². The van der Waals surface area contributed by atoms with Gasteiger partial charge >= 0.3 is 0 Å². The number of ether oxygens (including phenoxy) is 2. The van der Waals surface area contributed by atoms with Crippen LogP contribution < -0.4 is 4.74 Å². The number of nitrogens with zero attached hydrogens (tertiary/aromatic N) is 1. The molecule has 0 fully saturated rings. The van der Waals surface area contributed by atoms with Crippen molar-refractivity contribution in [2.45, 2.75) is 19.1 Å². The number of methoxy groups -OCH3 is 1. The van der Waals surface area contributed by atoms with E-state index in [-0.39, 0.29) is 11.9 Å². The molecule has 0 spiro atoms. The molecule has 1 unspecified atom stereocenters. The molecule has 6 heteroatoms. The third-order valence-electron chi connectivity index (χ3n) is 6.44. The average molecular weight is 487 g/mol. The van der Waals surface area contributed by atoms with Gasteiger partial charge in [0.25, 0.3) is 0 Å². The van der Waals surface area contributed by atoms with E-state index < -0.39 is 0 Å². The molecule has 0 saturated carbocycles. The molecule has 0 aliphatic carbocycles. The number of benzene rings is 3. The maximum atomic E-state index is 13.4. The van der Waals surface area contributed by atoms with Crippen LogP contribution in [-0.4, -0.2) is 36.1 Å². The van der Waals surface area contributed by atoms with Crippen molar-refractivity contribution in [3.63, 3.8) is 0 Å². The molecule has 4 aromatic rings. The number of fused-ring (bicyclic) bond motifs is 3. The molecule has 1 N–H and O–H groups in total. The van der Waals surface area contributed by atoms with Crippen molar-refractivity contribution >= 4 is 34.5 Å². The summed E-state index contributed by atoms with van der Waals surface area (Å²) in [6.45, 7) is 1.47. The highest BCUT2D eigenvalue weighted by atomic mass is 35.5. The van der Waals surface area contributed by atoms with Gasteiger partial charge in [-0.25, -0.2) is 0 Å². The summed E-state index contributed by atoms with van der Waals surface area (Å²) in [6, 6.07) is 23.3. The summed E-state index contributed by atoms with van der Waals surface area (Å²) in [5.74, 6) is 0.748.